The van der Waals surface area contributed by atoms with Crippen molar-refractivity contribution in [1.82, 2.24) is 10.9 Å². The summed E-state index contributed by atoms with van der Waals surface area (Å²) in [6, 6.07) is 14.1. The van der Waals surface area contributed by atoms with Gasteiger partial charge in [-0.25, -0.2) is 0 Å². The molecular weight excluding hydrogens is 372 g/mol. The quantitative estimate of drug-likeness (QED) is 0.529. The second-order valence-electron chi connectivity index (χ2n) is 5.49. The van der Waals surface area contributed by atoms with E-state index in [0.717, 1.165) is 23.5 Å². The van der Waals surface area contributed by atoms with E-state index in [1.807, 2.05) is 12.1 Å². The number of nitrogens with one attached hydrogen (secondary N) is 2. The smallest absolute Gasteiger partial charge is 0.269 e. The molecule has 0 unspecified atom stereocenters. The molecule has 0 fully saturated rings. The number of hydrogen-bond acceptors (Lipinski definition) is 4. The Hall–Kier alpha value is -2.18. The van der Waals surface area contributed by atoms with Gasteiger partial charge in [-0.1, -0.05) is 30.7 Å². The highest BCUT2D eigenvalue weighted by molar-refractivity contribution is 7.99. The summed E-state index contributed by atoms with van der Waals surface area (Å²) in [6.07, 6.45) is 1.01. The number of carbonyl (C=O) groups excluding carboxylic acids is 2. The van der Waals surface area contributed by atoms with Gasteiger partial charge in [-0.3, -0.25) is 20.4 Å². The maximum Gasteiger partial charge on any atom is 0.269 e. The molecule has 2 amide bonds. The number of halogens is 1. The summed E-state index contributed by atoms with van der Waals surface area (Å²) in [5.41, 5.74) is 6.21. The molecule has 2 N–H and O–H groups in total. The summed E-state index contributed by atoms with van der Waals surface area (Å²) in [5.74, 6) is 1.39. The van der Waals surface area contributed by atoms with Crippen molar-refractivity contribution in [3.05, 3.63) is 64.7 Å². The number of hydrazine groups is 1. The van der Waals surface area contributed by atoms with Crippen LogP contribution in [0.25, 0.3) is 0 Å². The van der Waals surface area contributed by atoms with E-state index >= 15 is 0 Å². The van der Waals surface area contributed by atoms with Gasteiger partial charge in [0.1, 0.15) is 12.4 Å². The normalized spacial score (nSPS) is 10.2. The summed E-state index contributed by atoms with van der Waals surface area (Å²) in [5, 5.41) is 0.656. The fourth-order valence-corrected chi connectivity index (χ4v) is 2.81. The lowest BCUT2D eigenvalue weighted by atomic mass is 10.1. The lowest BCUT2D eigenvalue weighted by Gasteiger charge is -2.09. The topological polar surface area (TPSA) is 67.4 Å². The minimum absolute atomic E-state index is 0.218. The van der Waals surface area contributed by atoms with Crippen LogP contribution in [0.5, 0.6) is 5.75 Å². The van der Waals surface area contributed by atoms with Gasteiger partial charge in [-0.2, -0.15) is 11.8 Å². The number of rotatable bonds is 8. The van der Waals surface area contributed by atoms with Crippen LogP contribution in [0.1, 0.15) is 29.3 Å². The van der Waals surface area contributed by atoms with Crippen LogP contribution in [-0.2, 0) is 11.4 Å². The summed E-state index contributed by atoms with van der Waals surface area (Å²) in [6.45, 7) is 2.44. The maximum absolute atomic E-state index is 12.0. The Morgan fingerprint density at radius 1 is 1.04 bits per heavy atom. The number of carbonyl (C=O) groups is 2. The third-order valence-corrected chi connectivity index (χ3v) is 4.75. The zero-order valence-electron chi connectivity index (χ0n) is 14.5. The largest absolute Gasteiger partial charge is 0.489 e. The van der Waals surface area contributed by atoms with Crippen LogP contribution in [-0.4, -0.2) is 23.3 Å². The van der Waals surface area contributed by atoms with Gasteiger partial charge in [0.2, 0.25) is 5.91 Å². The van der Waals surface area contributed by atoms with Crippen LogP contribution in [0.3, 0.4) is 0 Å². The van der Waals surface area contributed by atoms with Gasteiger partial charge >= 0.3 is 0 Å². The van der Waals surface area contributed by atoms with E-state index in [9.17, 15) is 9.59 Å². The molecule has 5 nitrogen and oxygen atoms in total. The predicted octanol–water partition coefficient (Wildman–Crippen LogP) is 3.82. The number of amides is 2. The number of ether oxygens (including phenoxy) is 1. The molecule has 2 aromatic carbocycles. The lowest BCUT2D eigenvalue weighted by Crippen LogP contribution is -2.42. The van der Waals surface area contributed by atoms with Crippen LogP contribution in [0.15, 0.2) is 48.5 Å². The molecule has 0 aliphatic carbocycles. The summed E-state index contributed by atoms with van der Waals surface area (Å²) < 4.78 is 5.65. The average Bonchev–Trinajstić information content (AvgIpc) is 2.66. The first-order valence-electron chi connectivity index (χ1n) is 8.22. The molecule has 0 saturated heterocycles. The third-order valence-electron chi connectivity index (χ3n) is 3.33. The number of thioether (sulfide) groups is 1. The van der Waals surface area contributed by atoms with E-state index in [-0.39, 0.29) is 11.8 Å². The zero-order valence-corrected chi connectivity index (χ0v) is 16.0. The van der Waals surface area contributed by atoms with Crippen molar-refractivity contribution < 1.29 is 14.3 Å². The summed E-state index contributed by atoms with van der Waals surface area (Å²) in [7, 11) is 0. The van der Waals surface area contributed by atoms with Crippen LogP contribution >= 0.6 is 23.4 Å². The highest BCUT2D eigenvalue weighted by Gasteiger charge is 2.07. The SMILES string of the molecule is CCCSCC(=O)NNC(=O)c1ccc(COc2ccc(Cl)cc2)cc1. The fourth-order valence-electron chi connectivity index (χ4n) is 1.99. The van der Waals surface area contributed by atoms with Crippen molar-refractivity contribution >= 4 is 35.2 Å². The molecule has 0 atom stereocenters. The zero-order chi connectivity index (χ0) is 18.8. The molecule has 138 valence electrons. The average molecular weight is 393 g/mol. The van der Waals surface area contributed by atoms with Gasteiger partial charge in [-0.05, 0) is 54.1 Å². The Labute approximate surface area is 162 Å². The van der Waals surface area contributed by atoms with E-state index in [1.54, 1.807) is 36.4 Å². The molecule has 0 bridgehead atoms. The minimum atomic E-state index is -0.357. The van der Waals surface area contributed by atoms with Crippen LogP contribution in [0, 0.1) is 0 Å². The van der Waals surface area contributed by atoms with Gasteiger partial charge in [0.15, 0.2) is 0 Å². The Bertz CT molecular complexity index is 721. The highest BCUT2D eigenvalue weighted by atomic mass is 35.5. The molecular formula is C19H21ClN2O3S. The van der Waals surface area contributed by atoms with E-state index < -0.39 is 0 Å². The van der Waals surface area contributed by atoms with E-state index in [1.165, 1.54) is 11.8 Å². The first-order valence-corrected chi connectivity index (χ1v) is 9.76. The third kappa shape index (κ3) is 6.98. The molecule has 7 heteroatoms. The molecule has 26 heavy (non-hydrogen) atoms. The maximum atomic E-state index is 12.0. The van der Waals surface area contributed by atoms with Gasteiger partial charge in [0.25, 0.3) is 5.91 Å². The minimum Gasteiger partial charge on any atom is -0.489 e. The van der Waals surface area contributed by atoms with Crippen molar-refractivity contribution in [3.63, 3.8) is 0 Å². The Balaban J connectivity index is 1.77. The standard InChI is InChI=1S/C19H21ClN2O3S/c1-2-11-26-13-18(23)21-22-19(24)15-5-3-14(4-6-15)12-25-17-9-7-16(20)8-10-17/h3-10H,2,11-13H2,1H3,(H,21,23)(H,22,24). The van der Waals surface area contributed by atoms with Gasteiger partial charge < -0.3 is 4.74 Å². The summed E-state index contributed by atoms with van der Waals surface area (Å²) in [4.78, 5) is 23.6. The van der Waals surface area contributed by atoms with Crippen molar-refractivity contribution in [2.45, 2.75) is 20.0 Å². The highest BCUT2D eigenvalue weighted by Crippen LogP contribution is 2.17. The van der Waals surface area contributed by atoms with Gasteiger partial charge in [0, 0.05) is 10.6 Å². The second-order valence-corrected chi connectivity index (χ2v) is 7.04. The van der Waals surface area contributed by atoms with Crippen LogP contribution in [0.4, 0.5) is 0 Å². The number of hydrogen-bond donors (Lipinski definition) is 2. The Morgan fingerprint density at radius 3 is 2.38 bits per heavy atom. The number of benzene rings is 2. The molecule has 0 radical (unpaired) electrons. The lowest BCUT2D eigenvalue weighted by molar-refractivity contribution is -0.119. The van der Waals surface area contributed by atoms with E-state index in [4.69, 9.17) is 16.3 Å². The fraction of sp³-hybridized carbons (Fsp3) is 0.263. The van der Waals surface area contributed by atoms with Crippen molar-refractivity contribution in [2.24, 2.45) is 0 Å². The molecule has 0 heterocycles. The Morgan fingerprint density at radius 2 is 1.73 bits per heavy atom. The van der Waals surface area contributed by atoms with E-state index in [0.29, 0.717) is 22.9 Å². The molecule has 2 aromatic rings. The van der Waals surface area contributed by atoms with Crippen LogP contribution < -0.4 is 15.6 Å². The van der Waals surface area contributed by atoms with E-state index in [2.05, 4.69) is 17.8 Å². The molecule has 2 rings (SSSR count). The molecule has 0 saturated carbocycles. The van der Waals surface area contributed by atoms with Gasteiger partial charge in [-0.15, -0.1) is 0 Å². The molecule has 0 aromatic heterocycles. The second kappa shape index (κ2) is 10.7. The molecule has 0 aliphatic rings. The van der Waals surface area contributed by atoms with Crippen molar-refractivity contribution in [2.75, 3.05) is 11.5 Å². The molecule has 0 aliphatic heterocycles. The van der Waals surface area contributed by atoms with Gasteiger partial charge in [0.05, 0.1) is 5.75 Å². The molecule has 0 spiro atoms. The summed E-state index contributed by atoms with van der Waals surface area (Å²) >= 11 is 7.36. The van der Waals surface area contributed by atoms with Crippen molar-refractivity contribution in [3.8, 4) is 5.75 Å². The monoisotopic (exact) mass is 392 g/mol. The first kappa shape index (κ1) is 20.1. The van der Waals surface area contributed by atoms with Crippen LogP contribution in [0.2, 0.25) is 5.02 Å². The Kier molecular flexibility index (Phi) is 8.31. The first-order chi connectivity index (χ1) is 12.6. The predicted molar refractivity (Wildman–Crippen MR) is 105 cm³/mol. The van der Waals surface area contributed by atoms with Crippen molar-refractivity contribution in [1.29, 1.82) is 0 Å².